The molecule has 0 heterocycles. The molecule has 2 bridgehead atoms. The third kappa shape index (κ3) is 0.900. The van der Waals surface area contributed by atoms with Crippen LogP contribution in [0.25, 0.3) is 0 Å². The van der Waals surface area contributed by atoms with Gasteiger partial charge in [0.15, 0.2) is 0 Å². The number of fused-ring (bicyclic) bond motifs is 2. The van der Waals surface area contributed by atoms with E-state index in [1.807, 2.05) is 0 Å². The zero-order valence-electron chi connectivity index (χ0n) is 8.98. The zero-order valence-corrected chi connectivity index (χ0v) is 8.98. The van der Waals surface area contributed by atoms with Crippen molar-refractivity contribution in [3.8, 4) is 0 Å². The highest BCUT2D eigenvalue weighted by molar-refractivity contribution is 5.02. The van der Waals surface area contributed by atoms with Crippen LogP contribution < -0.4 is 0 Å². The summed E-state index contributed by atoms with van der Waals surface area (Å²) >= 11 is 0. The zero-order chi connectivity index (χ0) is 8.98. The lowest BCUT2D eigenvalue weighted by Crippen LogP contribution is -2.41. The Bertz CT molecular complexity index is 189. The van der Waals surface area contributed by atoms with Crippen LogP contribution in [0.15, 0.2) is 0 Å². The average Bonchev–Trinajstić information content (AvgIpc) is 2.29. The van der Waals surface area contributed by atoms with Crippen molar-refractivity contribution in [2.75, 3.05) is 0 Å². The van der Waals surface area contributed by atoms with Crippen LogP contribution in [-0.2, 0) is 0 Å². The van der Waals surface area contributed by atoms with Gasteiger partial charge in [-0.1, -0.05) is 27.7 Å². The first-order valence-electron chi connectivity index (χ1n) is 5.46. The molecular weight excluding hydrogens is 144 g/mol. The molecule has 2 fully saturated rings. The van der Waals surface area contributed by atoms with Gasteiger partial charge in [0, 0.05) is 0 Å². The van der Waals surface area contributed by atoms with Gasteiger partial charge in [-0.15, -0.1) is 0 Å². The average molecular weight is 166 g/mol. The van der Waals surface area contributed by atoms with Gasteiger partial charge in [0.2, 0.25) is 0 Å². The highest BCUT2D eigenvalue weighted by Gasteiger charge is 2.52. The van der Waals surface area contributed by atoms with Crippen LogP contribution in [0.3, 0.4) is 0 Å². The predicted octanol–water partition coefficient (Wildman–Crippen LogP) is 3.86. The van der Waals surface area contributed by atoms with Crippen molar-refractivity contribution in [1.29, 1.82) is 0 Å². The smallest absolute Gasteiger partial charge is 0.0269 e. The summed E-state index contributed by atoms with van der Waals surface area (Å²) in [7, 11) is 0. The van der Waals surface area contributed by atoms with Gasteiger partial charge in [-0.2, -0.15) is 0 Å². The van der Waals surface area contributed by atoms with E-state index in [0.717, 1.165) is 11.8 Å². The van der Waals surface area contributed by atoms with Crippen molar-refractivity contribution in [3.63, 3.8) is 0 Å². The number of rotatable bonds is 0. The minimum absolute atomic E-state index is 0.583. The summed E-state index contributed by atoms with van der Waals surface area (Å²) in [6.07, 6.45) is 5.98. The first kappa shape index (κ1) is 8.59. The fraction of sp³-hybridized carbons (Fsp3) is 1.00. The van der Waals surface area contributed by atoms with E-state index in [4.69, 9.17) is 0 Å². The Kier molecular flexibility index (Phi) is 1.63. The Hall–Kier alpha value is 0. The molecule has 3 atom stereocenters. The molecule has 0 spiro atoms. The summed E-state index contributed by atoms with van der Waals surface area (Å²) in [5, 5.41) is 0. The Morgan fingerprint density at radius 3 is 2.50 bits per heavy atom. The molecule has 0 heteroatoms. The predicted molar refractivity (Wildman–Crippen MR) is 53.0 cm³/mol. The monoisotopic (exact) mass is 166 g/mol. The molecule has 0 N–H and O–H groups in total. The summed E-state index contributed by atoms with van der Waals surface area (Å²) in [4.78, 5) is 0. The first-order valence-corrected chi connectivity index (χ1v) is 5.46. The topological polar surface area (TPSA) is 0 Å². The Morgan fingerprint density at radius 2 is 1.83 bits per heavy atom. The third-order valence-corrected chi connectivity index (χ3v) is 5.32. The molecule has 2 aliphatic rings. The first-order chi connectivity index (χ1) is 5.46. The molecule has 70 valence electrons. The summed E-state index contributed by atoms with van der Waals surface area (Å²) in [6.45, 7) is 9.94. The lowest BCUT2D eigenvalue weighted by molar-refractivity contribution is -0.00341. The SMILES string of the molecule is CC1C[C@@H]2CCC(C)(C2)C1(C)C. The van der Waals surface area contributed by atoms with Crippen LogP contribution in [0.5, 0.6) is 0 Å². The molecule has 0 aromatic rings. The van der Waals surface area contributed by atoms with Gasteiger partial charge in [-0.25, -0.2) is 0 Å². The maximum Gasteiger partial charge on any atom is -0.0269 e. The molecular formula is C12H22. The Morgan fingerprint density at radius 1 is 1.17 bits per heavy atom. The highest BCUT2D eigenvalue weighted by Crippen LogP contribution is 2.62. The van der Waals surface area contributed by atoms with Crippen molar-refractivity contribution in [1.82, 2.24) is 0 Å². The third-order valence-electron chi connectivity index (χ3n) is 5.32. The fourth-order valence-electron chi connectivity index (χ4n) is 3.54. The molecule has 12 heavy (non-hydrogen) atoms. The van der Waals surface area contributed by atoms with E-state index in [0.29, 0.717) is 10.8 Å². The van der Waals surface area contributed by atoms with E-state index >= 15 is 0 Å². The van der Waals surface area contributed by atoms with E-state index in [9.17, 15) is 0 Å². The lowest BCUT2D eigenvalue weighted by atomic mass is 9.55. The summed E-state index contributed by atoms with van der Waals surface area (Å²) < 4.78 is 0. The van der Waals surface area contributed by atoms with Crippen molar-refractivity contribution in [2.24, 2.45) is 22.7 Å². The largest absolute Gasteiger partial charge is 0.0620 e. The van der Waals surface area contributed by atoms with Gasteiger partial charge >= 0.3 is 0 Å². The molecule has 0 saturated heterocycles. The molecule has 2 saturated carbocycles. The van der Waals surface area contributed by atoms with Gasteiger partial charge in [0.05, 0.1) is 0 Å². The lowest BCUT2D eigenvalue weighted by Gasteiger charge is -2.50. The van der Waals surface area contributed by atoms with Crippen LogP contribution in [0.4, 0.5) is 0 Å². The second kappa shape index (κ2) is 2.27. The summed E-state index contributed by atoms with van der Waals surface area (Å²) in [6, 6.07) is 0. The van der Waals surface area contributed by atoms with Crippen molar-refractivity contribution in [3.05, 3.63) is 0 Å². The van der Waals surface area contributed by atoms with Crippen LogP contribution in [0, 0.1) is 22.7 Å². The van der Waals surface area contributed by atoms with Gasteiger partial charge in [-0.3, -0.25) is 0 Å². The van der Waals surface area contributed by atoms with E-state index in [1.54, 1.807) is 0 Å². The van der Waals surface area contributed by atoms with Crippen molar-refractivity contribution in [2.45, 2.75) is 53.4 Å². The molecule has 0 amide bonds. The van der Waals surface area contributed by atoms with E-state index in [1.165, 1.54) is 25.7 Å². The van der Waals surface area contributed by atoms with E-state index in [-0.39, 0.29) is 0 Å². The minimum Gasteiger partial charge on any atom is -0.0620 e. The van der Waals surface area contributed by atoms with Gasteiger partial charge in [0.25, 0.3) is 0 Å². The molecule has 0 aromatic carbocycles. The Labute approximate surface area is 76.7 Å². The van der Waals surface area contributed by atoms with Crippen molar-refractivity contribution < 1.29 is 0 Å². The van der Waals surface area contributed by atoms with Crippen LogP contribution in [-0.4, -0.2) is 0 Å². The highest BCUT2D eigenvalue weighted by atomic mass is 14.6. The van der Waals surface area contributed by atoms with E-state index in [2.05, 4.69) is 27.7 Å². The maximum atomic E-state index is 2.52. The number of hydrogen-bond donors (Lipinski definition) is 0. The molecule has 0 radical (unpaired) electrons. The second-order valence-corrected chi connectivity index (χ2v) is 6.03. The minimum atomic E-state index is 0.583. The second-order valence-electron chi connectivity index (χ2n) is 6.03. The fourth-order valence-corrected chi connectivity index (χ4v) is 3.54. The van der Waals surface area contributed by atoms with Crippen LogP contribution in [0.2, 0.25) is 0 Å². The van der Waals surface area contributed by atoms with Crippen LogP contribution >= 0.6 is 0 Å². The molecule has 2 aliphatic carbocycles. The molecule has 2 rings (SSSR count). The standard InChI is InChI=1S/C12H22/c1-9-7-10-5-6-12(4,8-10)11(9,2)3/h9-10H,5-8H2,1-4H3/t9?,10-,12?/m0/s1. The van der Waals surface area contributed by atoms with Crippen molar-refractivity contribution >= 4 is 0 Å². The molecule has 2 unspecified atom stereocenters. The molecule has 0 aliphatic heterocycles. The quantitative estimate of drug-likeness (QED) is 0.512. The van der Waals surface area contributed by atoms with E-state index < -0.39 is 0 Å². The summed E-state index contributed by atoms with van der Waals surface area (Å²) in [5.74, 6) is 2.00. The molecule has 0 aromatic heterocycles. The van der Waals surface area contributed by atoms with Gasteiger partial charge in [-0.05, 0) is 48.3 Å². The van der Waals surface area contributed by atoms with Gasteiger partial charge < -0.3 is 0 Å². The molecule has 0 nitrogen and oxygen atoms in total. The van der Waals surface area contributed by atoms with Gasteiger partial charge in [0.1, 0.15) is 0 Å². The van der Waals surface area contributed by atoms with Crippen LogP contribution in [0.1, 0.15) is 53.4 Å². The summed E-state index contributed by atoms with van der Waals surface area (Å²) in [5.41, 5.74) is 1.25. The Balaban J connectivity index is 2.32. The normalized spacial score (nSPS) is 51.0. The number of hydrogen-bond acceptors (Lipinski definition) is 0. The maximum absolute atomic E-state index is 2.52.